The number of hydrogen-bond donors (Lipinski definition) is 2. The first-order valence-electron chi connectivity index (χ1n) is 10.4. The highest BCUT2D eigenvalue weighted by atomic mass is 32.1. The number of thiophene rings is 1. The lowest BCUT2D eigenvalue weighted by molar-refractivity contribution is -0.123. The molecule has 0 aliphatic carbocycles. The maximum absolute atomic E-state index is 12.8. The molecule has 1 aromatic heterocycles. The standard InChI is InChI=1S/C24H26N4O2S/c29-22(26-23(21-12-7-17-31-21)19-8-3-1-4-9-19)18-27-13-15-28(16-14-27)24(30)25-20-10-5-2-6-11-20/h1-12,17,23H,13-16,18H2,(H,25,30)(H,26,29)/t23-/m1/s1. The number of para-hydroxylation sites is 1. The molecule has 31 heavy (non-hydrogen) atoms. The van der Waals surface area contributed by atoms with Crippen LogP contribution in [0, 0.1) is 0 Å². The molecule has 1 atom stereocenters. The van der Waals surface area contributed by atoms with Crippen molar-refractivity contribution in [3.8, 4) is 0 Å². The van der Waals surface area contributed by atoms with E-state index in [1.165, 1.54) is 0 Å². The van der Waals surface area contributed by atoms with Crippen molar-refractivity contribution in [2.75, 3.05) is 38.0 Å². The zero-order chi connectivity index (χ0) is 21.5. The fourth-order valence-electron chi connectivity index (χ4n) is 3.66. The van der Waals surface area contributed by atoms with Gasteiger partial charge < -0.3 is 15.5 Å². The molecule has 0 spiro atoms. The number of piperazine rings is 1. The average molecular weight is 435 g/mol. The Labute approximate surface area is 186 Å². The summed E-state index contributed by atoms with van der Waals surface area (Å²) in [7, 11) is 0. The molecule has 1 fully saturated rings. The number of anilines is 1. The normalized spacial score (nSPS) is 15.3. The molecule has 1 aliphatic rings. The van der Waals surface area contributed by atoms with Crippen LogP contribution in [-0.2, 0) is 4.79 Å². The maximum Gasteiger partial charge on any atom is 0.321 e. The molecule has 2 aromatic carbocycles. The molecule has 0 unspecified atom stereocenters. The molecule has 3 amide bonds. The monoisotopic (exact) mass is 434 g/mol. The van der Waals surface area contributed by atoms with Gasteiger partial charge in [-0.15, -0.1) is 11.3 Å². The third kappa shape index (κ3) is 5.71. The summed E-state index contributed by atoms with van der Waals surface area (Å²) in [6, 6.07) is 23.3. The van der Waals surface area contributed by atoms with Crippen molar-refractivity contribution >= 4 is 29.0 Å². The van der Waals surface area contributed by atoms with Crippen LogP contribution in [0.3, 0.4) is 0 Å². The van der Waals surface area contributed by atoms with Gasteiger partial charge in [-0.25, -0.2) is 4.79 Å². The SMILES string of the molecule is O=C(CN1CCN(C(=O)Nc2ccccc2)CC1)N[C@H](c1ccccc1)c1cccs1. The van der Waals surface area contributed by atoms with E-state index < -0.39 is 0 Å². The smallest absolute Gasteiger partial charge is 0.321 e. The second-order valence-corrected chi connectivity index (χ2v) is 8.47. The summed E-state index contributed by atoms with van der Waals surface area (Å²) in [6.45, 7) is 2.86. The van der Waals surface area contributed by atoms with Crippen LogP contribution in [0.25, 0.3) is 0 Å². The highest BCUT2D eigenvalue weighted by molar-refractivity contribution is 7.10. The molecule has 1 saturated heterocycles. The topological polar surface area (TPSA) is 64.7 Å². The first-order valence-corrected chi connectivity index (χ1v) is 11.3. The van der Waals surface area contributed by atoms with E-state index in [1.807, 2.05) is 78.2 Å². The molecule has 160 valence electrons. The van der Waals surface area contributed by atoms with Crippen molar-refractivity contribution in [2.45, 2.75) is 6.04 Å². The summed E-state index contributed by atoms with van der Waals surface area (Å²) in [4.78, 5) is 30.3. The lowest BCUT2D eigenvalue weighted by Crippen LogP contribution is -2.52. The molecular weight excluding hydrogens is 408 g/mol. The Hall–Kier alpha value is -3.16. The summed E-state index contributed by atoms with van der Waals surface area (Å²) in [5.41, 5.74) is 1.86. The number of carbonyl (C=O) groups is 2. The molecule has 7 heteroatoms. The first kappa shape index (κ1) is 21.1. The minimum atomic E-state index is -0.147. The second-order valence-electron chi connectivity index (χ2n) is 7.49. The van der Waals surface area contributed by atoms with E-state index >= 15 is 0 Å². The molecule has 2 heterocycles. The van der Waals surface area contributed by atoms with E-state index in [9.17, 15) is 9.59 Å². The van der Waals surface area contributed by atoms with E-state index in [4.69, 9.17) is 0 Å². The third-order valence-electron chi connectivity index (χ3n) is 5.32. The van der Waals surface area contributed by atoms with E-state index in [0.29, 0.717) is 32.7 Å². The maximum atomic E-state index is 12.8. The van der Waals surface area contributed by atoms with E-state index in [0.717, 1.165) is 16.1 Å². The summed E-state index contributed by atoms with van der Waals surface area (Å²) < 4.78 is 0. The summed E-state index contributed by atoms with van der Waals surface area (Å²) in [5, 5.41) is 8.13. The van der Waals surface area contributed by atoms with E-state index in [2.05, 4.69) is 15.5 Å². The zero-order valence-electron chi connectivity index (χ0n) is 17.2. The number of rotatable bonds is 6. The fraction of sp³-hybridized carbons (Fsp3) is 0.250. The van der Waals surface area contributed by atoms with Gasteiger partial charge in [0.1, 0.15) is 0 Å². The van der Waals surface area contributed by atoms with Crippen molar-refractivity contribution in [1.29, 1.82) is 0 Å². The van der Waals surface area contributed by atoms with Gasteiger partial charge in [-0.05, 0) is 29.1 Å². The lowest BCUT2D eigenvalue weighted by Gasteiger charge is -2.34. The molecule has 2 N–H and O–H groups in total. The Kier molecular flexibility index (Phi) is 6.96. The van der Waals surface area contributed by atoms with Gasteiger partial charge >= 0.3 is 6.03 Å². The summed E-state index contributed by atoms with van der Waals surface area (Å²) in [6.07, 6.45) is 0. The molecule has 4 rings (SSSR count). The first-order chi connectivity index (χ1) is 15.2. The molecule has 0 radical (unpaired) electrons. The second kappa shape index (κ2) is 10.2. The summed E-state index contributed by atoms with van der Waals surface area (Å²) in [5.74, 6) is -0.00978. The highest BCUT2D eigenvalue weighted by Gasteiger charge is 2.24. The number of urea groups is 1. The van der Waals surface area contributed by atoms with Crippen molar-refractivity contribution in [2.24, 2.45) is 0 Å². The Morgan fingerprint density at radius 3 is 2.19 bits per heavy atom. The highest BCUT2D eigenvalue weighted by Crippen LogP contribution is 2.25. The molecule has 0 saturated carbocycles. The van der Waals surface area contributed by atoms with Gasteiger partial charge in [0.05, 0.1) is 12.6 Å². The van der Waals surface area contributed by atoms with Crippen molar-refractivity contribution < 1.29 is 9.59 Å². The van der Waals surface area contributed by atoms with Crippen LogP contribution in [0.1, 0.15) is 16.5 Å². The summed E-state index contributed by atoms with van der Waals surface area (Å²) >= 11 is 1.64. The van der Waals surface area contributed by atoms with Crippen LogP contribution >= 0.6 is 11.3 Å². The van der Waals surface area contributed by atoms with Gasteiger partial charge in [0.2, 0.25) is 5.91 Å². The Morgan fingerprint density at radius 2 is 1.55 bits per heavy atom. The van der Waals surface area contributed by atoms with Gasteiger partial charge in [0.25, 0.3) is 0 Å². The quantitative estimate of drug-likeness (QED) is 0.620. The molecule has 6 nitrogen and oxygen atoms in total. The van der Waals surface area contributed by atoms with E-state index in [1.54, 1.807) is 16.2 Å². The van der Waals surface area contributed by atoms with Crippen LogP contribution in [0.5, 0.6) is 0 Å². The number of nitrogens with zero attached hydrogens (tertiary/aromatic N) is 2. The predicted molar refractivity (Wildman–Crippen MR) is 124 cm³/mol. The number of hydrogen-bond acceptors (Lipinski definition) is 4. The van der Waals surface area contributed by atoms with Gasteiger partial charge in [-0.2, -0.15) is 0 Å². The van der Waals surface area contributed by atoms with Crippen molar-refractivity contribution in [3.05, 3.63) is 88.6 Å². The molecular formula is C24H26N4O2S. The van der Waals surface area contributed by atoms with Crippen LogP contribution in [0.4, 0.5) is 10.5 Å². The Bertz CT molecular complexity index is 971. The lowest BCUT2D eigenvalue weighted by atomic mass is 10.1. The van der Waals surface area contributed by atoms with Gasteiger partial charge in [0.15, 0.2) is 0 Å². The Balaban J connectivity index is 1.29. The van der Waals surface area contributed by atoms with E-state index in [-0.39, 0.29) is 18.0 Å². The number of nitrogens with one attached hydrogen (secondary N) is 2. The minimum absolute atomic E-state index is 0.00978. The number of amides is 3. The molecule has 3 aromatic rings. The van der Waals surface area contributed by atoms with Gasteiger partial charge in [-0.1, -0.05) is 54.6 Å². The zero-order valence-corrected chi connectivity index (χ0v) is 18.1. The molecule has 0 bridgehead atoms. The minimum Gasteiger partial charge on any atom is -0.343 e. The number of benzene rings is 2. The third-order valence-corrected chi connectivity index (χ3v) is 6.25. The Morgan fingerprint density at radius 1 is 0.871 bits per heavy atom. The van der Waals surface area contributed by atoms with Gasteiger partial charge in [0, 0.05) is 36.7 Å². The largest absolute Gasteiger partial charge is 0.343 e. The average Bonchev–Trinajstić information content (AvgIpc) is 3.34. The fourth-order valence-corrected chi connectivity index (χ4v) is 4.47. The van der Waals surface area contributed by atoms with Crippen LogP contribution in [0.15, 0.2) is 78.2 Å². The van der Waals surface area contributed by atoms with Crippen LogP contribution in [-0.4, -0.2) is 54.5 Å². The van der Waals surface area contributed by atoms with Crippen molar-refractivity contribution in [1.82, 2.24) is 15.1 Å². The van der Waals surface area contributed by atoms with Gasteiger partial charge in [-0.3, -0.25) is 9.69 Å². The molecule has 1 aliphatic heterocycles. The van der Waals surface area contributed by atoms with Crippen molar-refractivity contribution in [3.63, 3.8) is 0 Å². The number of carbonyl (C=O) groups excluding carboxylic acids is 2. The van der Waals surface area contributed by atoms with Crippen LogP contribution < -0.4 is 10.6 Å². The van der Waals surface area contributed by atoms with Crippen LogP contribution in [0.2, 0.25) is 0 Å². The predicted octanol–water partition coefficient (Wildman–Crippen LogP) is 3.80.